The van der Waals surface area contributed by atoms with Gasteiger partial charge in [0.25, 0.3) is 0 Å². The van der Waals surface area contributed by atoms with Gasteiger partial charge in [0.15, 0.2) is 34.8 Å². The second kappa shape index (κ2) is 6.96. The van der Waals surface area contributed by atoms with Crippen LogP contribution in [0.3, 0.4) is 0 Å². The highest BCUT2D eigenvalue weighted by molar-refractivity contribution is 6.61. The molecule has 2 aromatic carbocycles. The molecule has 2 nitrogen and oxygen atoms in total. The topological polar surface area (TPSA) is 18.5 Å². The van der Waals surface area contributed by atoms with Crippen LogP contribution in [0.2, 0.25) is 0 Å². The predicted molar refractivity (Wildman–Crippen MR) is 66.2 cm³/mol. The highest BCUT2D eigenvalue weighted by atomic mass is 19.2. The van der Waals surface area contributed by atoms with Crippen LogP contribution < -0.4 is 14.9 Å². The quantitative estimate of drug-likeness (QED) is 0.342. The van der Waals surface area contributed by atoms with E-state index in [0.717, 1.165) is 0 Å². The molecule has 0 aromatic heterocycles. The fourth-order valence-corrected chi connectivity index (χ4v) is 1.86. The monoisotopic (exact) mass is 392 g/mol. The smallest absolute Gasteiger partial charge is 0.524 e. The Balaban J connectivity index is 2.62. The second-order valence-electron chi connectivity index (χ2n) is 4.54. The summed E-state index contributed by atoms with van der Waals surface area (Å²) in [5.41, 5.74) is -2.20. The van der Waals surface area contributed by atoms with Gasteiger partial charge in [-0.1, -0.05) is 0 Å². The third-order valence-electron chi connectivity index (χ3n) is 3.08. The maximum Gasteiger partial charge on any atom is 0.608 e. The molecule has 0 fully saturated rings. The fraction of sp³-hybridized carbons (Fsp3) is 0.0769. The number of rotatable bonds is 4. The molecule has 0 unspecified atom stereocenters. The maximum absolute atomic E-state index is 14.0. The van der Waals surface area contributed by atoms with Crippen LogP contribution in [0.25, 0.3) is 0 Å². The van der Waals surface area contributed by atoms with E-state index in [1.807, 2.05) is 0 Å². The van der Waals surface area contributed by atoms with Crippen LogP contribution in [0.1, 0.15) is 0 Å². The van der Waals surface area contributed by atoms with Crippen molar-refractivity contribution in [2.75, 3.05) is 7.11 Å². The number of hydrogen-bond donors (Lipinski definition) is 0. The fourth-order valence-electron chi connectivity index (χ4n) is 1.86. The van der Waals surface area contributed by atoms with Crippen molar-refractivity contribution in [1.29, 1.82) is 0 Å². The molecule has 0 amide bonds. The SMILES string of the molecule is COc1c(F)c(F)c(F)c(F)c1OB(F)c1c(F)c(F)c(F)c(F)c1F. The second-order valence-corrected chi connectivity index (χ2v) is 4.54. The summed E-state index contributed by atoms with van der Waals surface area (Å²) in [7, 11) is -3.04. The molecule has 0 saturated heterocycles. The van der Waals surface area contributed by atoms with Crippen molar-refractivity contribution >= 4 is 12.7 Å². The van der Waals surface area contributed by atoms with Gasteiger partial charge in [-0.15, -0.1) is 0 Å². The van der Waals surface area contributed by atoms with Gasteiger partial charge in [-0.3, -0.25) is 4.32 Å². The first kappa shape index (κ1) is 19.7. The number of ether oxygens (including phenoxy) is 1. The number of halogens is 10. The number of methoxy groups -OCH3 is 1. The first-order valence-electron chi connectivity index (χ1n) is 6.26. The Labute approximate surface area is 138 Å². The van der Waals surface area contributed by atoms with E-state index in [1.54, 1.807) is 0 Å². The lowest BCUT2D eigenvalue weighted by Gasteiger charge is -2.16. The molecular formula is C13H3BF10O2. The normalized spacial score (nSPS) is 10.9. The van der Waals surface area contributed by atoms with Crippen LogP contribution in [0.5, 0.6) is 11.5 Å². The molecule has 0 bridgehead atoms. The van der Waals surface area contributed by atoms with E-state index in [2.05, 4.69) is 9.39 Å². The van der Waals surface area contributed by atoms with E-state index in [9.17, 15) is 43.8 Å². The predicted octanol–water partition coefficient (Wildman–Crippen LogP) is 3.69. The zero-order valence-electron chi connectivity index (χ0n) is 12.2. The minimum Gasteiger partial charge on any atom is -0.524 e. The zero-order valence-corrected chi connectivity index (χ0v) is 12.2. The van der Waals surface area contributed by atoms with Gasteiger partial charge in [0, 0.05) is 0 Å². The standard InChI is InChI=1S/C13H3BF10O2/c1-25-12-10(22)8(20)9(21)11(23)13(12)26-14(24)2-3(15)5(17)7(19)6(18)4(2)16/h1H3. The van der Waals surface area contributed by atoms with E-state index >= 15 is 0 Å². The third kappa shape index (κ3) is 2.90. The summed E-state index contributed by atoms with van der Waals surface area (Å²) >= 11 is 0. The summed E-state index contributed by atoms with van der Waals surface area (Å²) in [5, 5.41) is 0. The summed E-state index contributed by atoms with van der Waals surface area (Å²) in [6.07, 6.45) is 0. The molecule has 0 saturated carbocycles. The molecule has 26 heavy (non-hydrogen) atoms. The van der Waals surface area contributed by atoms with Gasteiger partial charge >= 0.3 is 7.19 Å². The van der Waals surface area contributed by atoms with Crippen molar-refractivity contribution in [1.82, 2.24) is 0 Å². The molecule has 0 heterocycles. The Kier molecular flexibility index (Phi) is 5.28. The molecule has 0 radical (unpaired) electrons. The highest BCUT2D eigenvalue weighted by Gasteiger charge is 2.39. The van der Waals surface area contributed by atoms with Crippen molar-refractivity contribution in [3.05, 3.63) is 52.4 Å². The average Bonchev–Trinajstić information content (AvgIpc) is 2.61. The van der Waals surface area contributed by atoms with Crippen LogP contribution in [-0.2, 0) is 0 Å². The van der Waals surface area contributed by atoms with E-state index in [-0.39, 0.29) is 0 Å². The molecule has 0 N–H and O–H groups in total. The molecule has 0 aliphatic rings. The maximum atomic E-state index is 14.0. The molecule has 0 spiro atoms. The third-order valence-corrected chi connectivity index (χ3v) is 3.08. The first-order valence-corrected chi connectivity index (χ1v) is 6.26. The first-order chi connectivity index (χ1) is 12.0. The molecule has 13 heteroatoms. The van der Waals surface area contributed by atoms with E-state index in [1.165, 1.54) is 0 Å². The molecule has 0 aliphatic heterocycles. The van der Waals surface area contributed by atoms with Crippen molar-refractivity contribution in [3.8, 4) is 11.5 Å². The van der Waals surface area contributed by atoms with Gasteiger partial charge in [0.1, 0.15) is 0 Å². The molecule has 140 valence electrons. The molecular weight excluding hydrogens is 389 g/mol. The molecule has 0 atom stereocenters. The van der Waals surface area contributed by atoms with Gasteiger partial charge in [-0.2, -0.15) is 8.78 Å². The molecule has 2 aromatic rings. The highest BCUT2D eigenvalue weighted by Crippen LogP contribution is 2.37. The van der Waals surface area contributed by atoms with Crippen LogP contribution in [-0.4, -0.2) is 14.3 Å². The van der Waals surface area contributed by atoms with Crippen LogP contribution in [0.15, 0.2) is 0 Å². The lowest BCUT2D eigenvalue weighted by atomic mass is 9.80. The summed E-state index contributed by atoms with van der Waals surface area (Å²) in [6, 6.07) is 0. The van der Waals surface area contributed by atoms with Gasteiger partial charge in [0.2, 0.25) is 29.0 Å². The van der Waals surface area contributed by atoms with Crippen LogP contribution in [0, 0.1) is 52.4 Å². The zero-order chi connectivity index (χ0) is 19.9. The Hall–Kier alpha value is -2.60. The van der Waals surface area contributed by atoms with Crippen molar-refractivity contribution < 1.29 is 53.2 Å². The minimum atomic E-state index is -3.63. The van der Waals surface area contributed by atoms with Gasteiger partial charge in [-0.25, -0.2) is 30.7 Å². The van der Waals surface area contributed by atoms with Crippen molar-refractivity contribution in [2.45, 2.75) is 0 Å². The van der Waals surface area contributed by atoms with Crippen molar-refractivity contribution in [2.24, 2.45) is 0 Å². The largest absolute Gasteiger partial charge is 0.608 e. The van der Waals surface area contributed by atoms with Crippen LogP contribution >= 0.6 is 0 Å². The lowest BCUT2D eigenvalue weighted by molar-refractivity contribution is 0.318. The Bertz CT molecular complexity index is 859. The summed E-state index contributed by atoms with van der Waals surface area (Å²) in [6.45, 7) is 0. The van der Waals surface area contributed by atoms with E-state index in [4.69, 9.17) is 0 Å². The van der Waals surface area contributed by atoms with E-state index in [0.29, 0.717) is 7.11 Å². The molecule has 2 rings (SSSR count). The van der Waals surface area contributed by atoms with E-state index < -0.39 is 76.5 Å². The average molecular weight is 392 g/mol. The summed E-state index contributed by atoms with van der Waals surface area (Å²) in [4.78, 5) is 0. The Morgan fingerprint density at radius 1 is 0.538 bits per heavy atom. The molecule has 0 aliphatic carbocycles. The summed E-state index contributed by atoms with van der Waals surface area (Å²) < 4.78 is 141. The van der Waals surface area contributed by atoms with Gasteiger partial charge < -0.3 is 9.39 Å². The van der Waals surface area contributed by atoms with Gasteiger partial charge in [-0.05, 0) is 0 Å². The number of benzene rings is 2. The Morgan fingerprint density at radius 2 is 0.885 bits per heavy atom. The lowest BCUT2D eigenvalue weighted by Crippen LogP contribution is -2.40. The van der Waals surface area contributed by atoms with Gasteiger partial charge in [0.05, 0.1) is 12.6 Å². The van der Waals surface area contributed by atoms with Crippen molar-refractivity contribution in [3.63, 3.8) is 0 Å². The van der Waals surface area contributed by atoms with Crippen LogP contribution in [0.4, 0.5) is 43.8 Å². The Morgan fingerprint density at radius 3 is 1.31 bits per heavy atom. The minimum absolute atomic E-state index is 0.591. The number of hydrogen-bond acceptors (Lipinski definition) is 2. The summed E-state index contributed by atoms with van der Waals surface area (Å²) in [5.74, 6) is -25.9.